The van der Waals surface area contributed by atoms with Crippen LogP contribution in [-0.4, -0.2) is 5.91 Å². The van der Waals surface area contributed by atoms with Gasteiger partial charge >= 0.3 is 0 Å². The van der Waals surface area contributed by atoms with Gasteiger partial charge in [-0.2, -0.15) is 0 Å². The van der Waals surface area contributed by atoms with Crippen LogP contribution in [0.5, 0.6) is 0 Å². The third-order valence-electron chi connectivity index (χ3n) is 3.21. The topological polar surface area (TPSA) is 29.1 Å². The van der Waals surface area contributed by atoms with E-state index in [1.807, 2.05) is 19.1 Å². The number of amides is 1. The molecule has 18 heavy (non-hydrogen) atoms. The van der Waals surface area contributed by atoms with Crippen molar-refractivity contribution in [3.05, 3.63) is 29.8 Å². The van der Waals surface area contributed by atoms with Crippen LogP contribution in [0.25, 0.3) is 0 Å². The molecule has 0 spiro atoms. The Morgan fingerprint density at radius 1 is 1.17 bits per heavy atom. The van der Waals surface area contributed by atoms with E-state index < -0.39 is 0 Å². The van der Waals surface area contributed by atoms with Gasteiger partial charge in [-0.25, -0.2) is 0 Å². The summed E-state index contributed by atoms with van der Waals surface area (Å²) in [5.41, 5.74) is 2.25. The number of carbonyl (C=O) groups excluding carboxylic acids is 1. The highest BCUT2D eigenvalue weighted by Gasteiger charge is 2.11. The van der Waals surface area contributed by atoms with Crippen LogP contribution in [0, 0.1) is 5.92 Å². The van der Waals surface area contributed by atoms with Crippen LogP contribution >= 0.6 is 0 Å². The number of benzene rings is 1. The number of nitrogens with one attached hydrogen (secondary N) is 1. The highest BCUT2D eigenvalue weighted by molar-refractivity contribution is 5.92. The van der Waals surface area contributed by atoms with Crippen molar-refractivity contribution < 1.29 is 4.79 Å². The molecule has 0 heterocycles. The quantitative estimate of drug-likeness (QED) is 0.760. The van der Waals surface area contributed by atoms with Crippen LogP contribution in [0.3, 0.4) is 0 Å². The minimum atomic E-state index is 0.0924. The van der Waals surface area contributed by atoms with Gasteiger partial charge < -0.3 is 5.32 Å². The molecule has 1 amide bonds. The van der Waals surface area contributed by atoms with E-state index in [2.05, 4.69) is 31.3 Å². The highest BCUT2D eigenvalue weighted by atomic mass is 16.1. The normalized spacial score (nSPS) is 12.2. The third-order valence-corrected chi connectivity index (χ3v) is 3.21. The summed E-state index contributed by atoms with van der Waals surface area (Å²) in [7, 11) is 0. The van der Waals surface area contributed by atoms with E-state index in [9.17, 15) is 4.79 Å². The smallest absolute Gasteiger partial charge is 0.227 e. The zero-order valence-electron chi connectivity index (χ0n) is 11.8. The summed E-state index contributed by atoms with van der Waals surface area (Å²) >= 11 is 0. The molecule has 0 aliphatic heterocycles. The molecule has 0 aromatic heterocycles. The first-order chi connectivity index (χ1) is 8.67. The maximum atomic E-state index is 11.8. The van der Waals surface area contributed by atoms with E-state index in [1.165, 1.54) is 18.4 Å². The molecule has 1 atom stereocenters. The second-order valence-electron chi connectivity index (χ2n) is 4.98. The molecule has 100 valence electrons. The van der Waals surface area contributed by atoms with E-state index in [1.54, 1.807) is 0 Å². The van der Waals surface area contributed by atoms with Crippen LogP contribution < -0.4 is 5.32 Å². The highest BCUT2D eigenvalue weighted by Crippen LogP contribution is 2.14. The van der Waals surface area contributed by atoms with E-state index >= 15 is 0 Å². The van der Waals surface area contributed by atoms with Crippen molar-refractivity contribution in [2.75, 3.05) is 5.32 Å². The summed E-state index contributed by atoms with van der Waals surface area (Å²) in [6.45, 7) is 6.28. The summed E-state index contributed by atoms with van der Waals surface area (Å²) in [5, 5.41) is 2.97. The average molecular weight is 247 g/mol. The van der Waals surface area contributed by atoms with Gasteiger partial charge in [-0.3, -0.25) is 4.79 Å². The lowest BCUT2D eigenvalue weighted by atomic mass is 10.0. The van der Waals surface area contributed by atoms with Gasteiger partial charge in [0, 0.05) is 11.6 Å². The van der Waals surface area contributed by atoms with Crippen molar-refractivity contribution >= 4 is 11.6 Å². The molecular formula is C16H25NO. The van der Waals surface area contributed by atoms with Crippen LogP contribution in [0.1, 0.15) is 52.0 Å². The molecule has 0 aliphatic carbocycles. The summed E-state index contributed by atoms with van der Waals surface area (Å²) in [6.07, 6.45) is 5.55. The summed E-state index contributed by atoms with van der Waals surface area (Å²) < 4.78 is 0. The van der Waals surface area contributed by atoms with E-state index in [0.29, 0.717) is 0 Å². The molecule has 0 radical (unpaired) electrons. The molecule has 1 rings (SSSR count). The van der Waals surface area contributed by atoms with Gasteiger partial charge in [0.2, 0.25) is 5.91 Å². The van der Waals surface area contributed by atoms with Gasteiger partial charge in [0.15, 0.2) is 0 Å². The fourth-order valence-corrected chi connectivity index (χ4v) is 1.97. The third kappa shape index (κ3) is 4.91. The Hall–Kier alpha value is -1.31. The van der Waals surface area contributed by atoms with Crippen LogP contribution in [0.15, 0.2) is 24.3 Å². The van der Waals surface area contributed by atoms with Gasteiger partial charge in [0.25, 0.3) is 0 Å². The number of unbranched alkanes of at least 4 members (excludes halogenated alkanes) is 1. The number of hydrogen-bond acceptors (Lipinski definition) is 1. The van der Waals surface area contributed by atoms with E-state index in [4.69, 9.17) is 0 Å². The number of aryl methyl sites for hydroxylation is 1. The molecule has 0 aliphatic rings. The fraction of sp³-hybridized carbons (Fsp3) is 0.562. The summed E-state index contributed by atoms with van der Waals surface area (Å²) in [5.74, 6) is 0.216. The van der Waals surface area contributed by atoms with Crippen molar-refractivity contribution in [2.24, 2.45) is 5.92 Å². The van der Waals surface area contributed by atoms with Crippen molar-refractivity contribution in [2.45, 2.75) is 52.9 Å². The first-order valence-electron chi connectivity index (χ1n) is 7.07. The summed E-state index contributed by atoms with van der Waals surface area (Å²) in [4.78, 5) is 11.8. The maximum Gasteiger partial charge on any atom is 0.227 e. The van der Waals surface area contributed by atoms with Gasteiger partial charge in [-0.1, -0.05) is 45.7 Å². The number of carbonyl (C=O) groups is 1. The van der Waals surface area contributed by atoms with Gasteiger partial charge in [0.05, 0.1) is 0 Å². The zero-order valence-corrected chi connectivity index (χ0v) is 11.8. The predicted molar refractivity (Wildman–Crippen MR) is 77.8 cm³/mol. The first kappa shape index (κ1) is 14.7. The predicted octanol–water partition coefficient (Wildman–Crippen LogP) is 4.40. The molecule has 1 aromatic rings. The average Bonchev–Trinajstić information content (AvgIpc) is 2.38. The van der Waals surface area contributed by atoms with Crippen LogP contribution in [0.2, 0.25) is 0 Å². The van der Waals surface area contributed by atoms with Crippen molar-refractivity contribution in [3.8, 4) is 0 Å². The maximum absolute atomic E-state index is 11.8. The van der Waals surface area contributed by atoms with Gasteiger partial charge in [-0.15, -0.1) is 0 Å². The Morgan fingerprint density at radius 3 is 2.39 bits per heavy atom. The number of rotatable bonds is 7. The molecule has 0 bridgehead atoms. The van der Waals surface area contributed by atoms with Crippen LogP contribution in [0.4, 0.5) is 5.69 Å². The lowest BCUT2D eigenvalue weighted by Gasteiger charge is -2.11. The minimum absolute atomic E-state index is 0.0924. The Labute approximate surface area is 111 Å². The number of anilines is 1. The standard InChI is InChI=1S/C16H25NO/c1-4-6-8-14-9-11-15(12-10-14)17-16(18)13(3)7-5-2/h9-13H,4-8H2,1-3H3,(H,17,18). The second kappa shape index (κ2) is 7.91. The molecule has 2 heteroatoms. The molecule has 0 fully saturated rings. The Morgan fingerprint density at radius 2 is 1.83 bits per heavy atom. The monoisotopic (exact) mass is 247 g/mol. The lowest BCUT2D eigenvalue weighted by Crippen LogP contribution is -2.20. The van der Waals surface area contributed by atoms with Gasteiger partial charge in [-0.05, 0) is 37.0 Å². The van der Waals surface area contributed by atoms with Crippen LogP contribution in [-0.2, 0) is 11.2 Å². The second-order valence-corrected chi connectivity index (χ2v) is 4.98. The van der Waals surface area contributed by atoms with Crippen molar-refractivity contribution in [1.82, 2.24) is 0 Å². The van der Waals surface area contributed by atoms with Crippen molar-refractivity contribution in [1.29, 1.82) is 0 Å². The zero-order chi connectivity index (χ0) is 13.4. The Bertz CT molecular complexity index is 356. The van der Waals surface area contributed by atoms with Crippen molar-refractivity contribution in [3.63, 3.8) is 0 Å². The molecule has 1 N–H and O–H groups in total. The minimum Gasteiger partial charge on any atom is -0.326 e. The van der Waals surface area contributed by atoms with E-state index in [0.717, 1.165) is 24.9 Å². The molecule has 1 aromatic carbocycles. The largest absolute Gasteiger partial charge is 0.326 e. The Kier molecular flexibility index (Phi) is 6.48. The SMILES string of the molecule is CCCCc1ccc(NC(=O)C(C)CCC)cc1. The molecule has 2 nitrogen and oxygen atoms in total. The van der Waals surface area contributed by atoms with Gasteiger partial charge in [0.1, 0.15) is 0 Å². The fourth-order valence-electron chi connectivity index (χ4n) is 1.97. The first-order valence-corrected chi connectivity index (χ1v) is 7.07. The summed E-state index contributed by atoms with van der Waals surface area (Å²) in [6, 6.07) is 8.22. The lowest BCUT2D eigenvalue weighted by molar-refractivity contribution is -0.119. The molecule has 0 saturated carbocycles. The molecule has 0 saturated heterocycles. The number of hydrogen-bond donors (Lipinski definition) is 1. The molecule has 1 unspecified atom stereocenters. The molecular weight excluding hydrogens is 222 g/mol. The van der Waals surface area contributed by atoms with E-state index in [-0.39, 0.29) is 11.8 Å². The Balaban J connectivity index is 2.50.